The predicted octanol–water partition coefficient (Wildman–Crippen LogP) is 2.57. The molecule has 4 nitrogen and oxygen atoms in total. The molecular weight excluding hydrogens is 264 g/mol. The summed E-state index contributed by atoms with van der Waals surface area (Å²) in [5.74, 6) is 1.81. The largest absolute Gasteiger partial charge is 0.490 e. The van der Waals surface area contributed by atoms with Crippen LogP contribution in [-0.4, -0.2) is 38.4 Å². The Morgan fingerprint density at radius 2 is 1.76 bits per heavy atom. The Balaban J connectivity index is 1.61. The lowest BCUT2D eigenvalue weighted by Crippen LogP contribution is -2.48. The zero-order valence-electron chi connectivity index (χ0n) is 12.7. The fourth-order valence-electron chi connectivity index (χ4n) is 4.15. The zero-order chi connectivity index (χ0) is 14.2. The fourth-order valence-corrected chi connectivity index (χ4v) is 4.15. The van der Waals surface area contributed by atoms with Crippen LogP contribution in [0, 0.1) is 0 Å². The molecule has 3 aliphatic rings. The number of rotatable bonds is 2. The summed E-state index contributed by atoms with van der Waals surface area (Å²) in [5, 5.41) is 3.46. The van der Waals surface area contributed by atoms with E-state index in [0.717, 1.165) is 31.1 Å². The molecule has 2 saturated heterocycles. The van der Waals surface area contributed by atoms with E-state index in [2.05, 4.69) is 35.5 Å². The lowest BCUT2D eigenvalue weighted by molar-refractivity contribution is 0.297. The fraction of sp³-hybridized carbons (Fsp3) is 0.647. The average molecular weight is 288 g/mol. The normalized spacial score (nSPS) is 31.1. The minimum atomic E-state index is 0.672. The SMILES string of the molecule is CNC1CC2CCC(C1)N2c1ccc2c(c1)OCCCO2. The number of nitrogens with zero attached hydrogens (tertiary/aromatic N) is 1. The Morgan fingerprint density at radius 1 is 1.05 bits per heavy atom. The predicted molar refractivity (Wildman–Crippen MR) is 83.4 cm³/mol. The summed E-state index contributed by atoms with van der Waals surface area (Å²) in [7, 11) is 2.09. The maximum absolute atomic E-state index is 5.85. The molecule has 2 bridgehead atoms. The van der Waals surface area contributed by atoms with Crippen molar-refractivity contribution in [2.24, 2.45) is 0 Å². The van der Waals surface area contributed by atoms with Gasteiger partial charge in [0.05, 0.1) is 13.2 Å². The molecule has 2 atom stereocenters. The molecule has 2 fully saturated rings. The summed E-state index contributed by atoms with van der Waals surface area (Å²) in [6.07, 6.45) is 6.10. The van der Waals surface area contributed by atoms with Gasteiger partial charge >= 0.3 is 0 Å². The van der Waals surface area contributed by atoms with Crippen LogP contribution in [0.5, 0.6) is 11.5 Å². The zero-order valence-corrected chi connectivity index (χ0v) is 12.7. The molecule has 0 aliphatic carbocycles. The van der Waals surface area contributed by atoms with Gasteiger partial charge in [-0.15, -0.1) is 0 Å². The summed E-state index contributed by atoms with van der Waals surface area (Å²) in [6.45, 7) is 1.51. The van der Waals surface area contributed by atoms with Crippen LogP contribution < -0.4 is 19.7 Å². The minimum absolute atomic E-state index is 0.672. The van der Waals surface area contributed by atoms with Crippen molar-refractivity contribution in [1.82, 2.24) is 5.32 Å². The van der Waals surface area contributed by atoms with Crippen molar-refractivity contribution in [2.75, 3.05) is 25.2 Å². The van der Waals surface area contributed by atoms with Gasteiger partial charge in [-0.1, -0.05) is 0 Å². The van der Waals surface area contributed by atoms with E-state index in [9.17, 15) is 0 Å². The maximum Gasteiger partial charge on any atom is 0.163 e. The molecule has 0 radical (unpaired) electrons. The molecular formula is C17H24N2O2. The van der Waals surface area contributed by atoms with Crippen LogP contribution >= 0.6 is 0 Å². The first-order valence-corrected chi connectivity index (χ1v) is 8.20. The van der Waals surface area contributed by atoms with E-state index in [1.165, 1.54) is 31.4 Å². The Kier molecular flexibility index (Phi) is 3.42. The number of hydrogen-bond acceptors (Lipinski definition) is 4. The number of hydrogen-bond donors (Lipinski definition) is 1. The van der Waals surface area contributed by atoms with Crippen LogP contribution in [0.15, 0.2) is 18.2 Å². The molecule has 0 aromatic heterocycles. The lowest BCUT2D eigenvalue weighted by Gasteiger charge is -2.40. The number of fused-ring (bicyclic) bond motifs is 3. The summed E-state index contributed by atoms with van der Waals surface area (Å²) >= 11 is 0. The number of benzene rings is 1. The van der Waals surface area contributed by atoms with Crippen molar-refractivity contribution in [3.63, 3.8) is 0 Å². The summed E-state index contributed by atoms with van der Waals surface area (Å²) in [4.78, 5) is 2.63. The topological polar surface area (TPSA) is 33.7 Å². The Hall–Kier alpha value is -1.42. The highest BCUT2D eigenvalue weighted by Gasteiger charge is 2.40. The van der Waals surface area contributed by atoms with E-state index in [4.69, 9.17) is 9.47 Å². The van der Waals surface area contributed by atoms with Gasteiger partial charge in [0.15, 0.2) is 11.5 Å². The van der Waals surface area contributed by atoms with Gasteiger partial charge in [0, 0.05) is 36.3 Å². The third-order valence-corrected chi connectivity index (χ3v) is 5.17. The highest BCUT2D eigenvalue weighted by atomic mass is 16.5. The molecule has 1 aromatic carbocycles. The second-order valence-electron chi connectivity index (χ2n) is 6.43. The first kappa shape index (κ1) is 13.3. The van der Waals surface area contributed by atoms with Crippen LogP contribution in [0.25, 0.3) is 0 Å². The van der Waals surface area contributed by atoms with E-state index in [-0.39, 0.29) is 0 Å². The van der Waals surface area contributed by atoms with Crippen LogP contribution in [0.4, 0.5) is 5.69 Å². The second-order valence-corrected chi connectivity index (χ2v) is 6.43. The molecule has 0 amide bonds. The Labute approximate surface area is 126 Å². The maximum atomic E-state index is 5.85. The van der Waals surface area contributed by atoms with Crippen molar-refractivity contribution < 1.29 is 9.47 Å². The van der Waals surface area contributed by atoms with Crippen molar-refractivity contribution in [1.29, 1.82) is 0 Å². The highest BCUT2D eigenvalue weighted by molar-refractivity contribution is 5.58. The van der Waals surface area contributed by atoms with Crippen LogP contribution in [0.2, 0.25) is 0 Å². The van der Waals surface area contributed by atoms with Crippen molar-refractivity contribution >= 4 is 5.69 Å². The van der Waals surface area contributed by atoms with E-state index in [1.54, 1.807) is 0 Å². The quantitative estimate of drug-likeness (QED) is 0.907. The van der Waals surface area contributed by atoms with Gasteiger partial charge in [0.1, 0.15) is 0 Å². The summed E-state index contributed by atoms with van der Waals surface area (Å²) in [5.41, 5.74) is 1.31. The minimum Gasteiger partial charge on any atom is -0.490 e. The van der Waals surface area contributed by atoms with E-state index in [0.29, 0.717) is 18.1 Å². The monoisotopic (exact) mass is 288 g/mol. The third kappa shape index (κ3) is 2.35. The Morgan fingerprint density at radius 3 is 2.48 bits per heavy atom. The van der Waals surface area contributed by atoms with Gasteiger partial charge in [-0.05, 0) is 44.9 Å². The van der Waals surface area contributed by atoms with Crippen molar-refractivity contribution in [3.8, 4) is 11.5 Å². The molecule has 4 heteroatoms. The standard InChI is InChI=1S/C17H24N2O2/c1-18-12-9-13-3-4-14(10-12)19(13)15-5-6-16-17(11-15)21-8-2-7-20-16/h5-6,11-14,18H,2-4,7-10H2,1H3. The third-order valence-electron chi connectivity index (χ3n) is 5.17. The first-order chi connectivity index (χ1) is 10.3. The van der Waals surface area contributed by atoms with Crippen LogP contribution in [-0.2, 0) is 0 Å². The van der Waals surface area contributed by atoms with Gasteiger partial charge in [0.2, 0.25) is 0 Å². The van der Waals surface area contributed by atoms with Crippen LogP contribution in [0.1, 0.15) is 32.1 Å². The molecule has 0 saturated carbocycles. The molecule has 3 aliphatic heterocycles. The molecule has 4 rings (SSSR count). The molecule has 1 aromatic rings. The number of anilines is 1. The van der Waals surface area contributed by atoms with Crippen molar-refractivity contribution in [3.05, 3.63) is 18.2 Å². The summed E-state index contributed by atoms with van der Waals surface area (Å²) < 4.78 is 11.6. The van der Waals surface area contributed by atoms with Gasteiger partial charge in [0.25, 0.3) is 0 Å². The van der Waals surface area contributed by atoms with Gasteiger partial charge in [-0.25, -0.2) is 0 Å². The van der Waals surface area contributed by atoms with Crippen LogP contribution in [0.3, 0.4) is 0 Å². The summed E-state index contributed by atoms with van der Waals surface area (Å²) in [6, 6.07) is 8.50. The molecule has 114 valence electrons. The highest BCUT2D eigenvalue weighted by Crippen LogP contribution is 2.42. The van der Waals surface area contributed by atoms with Crippen molar-refractivity contribution in [2.45, 2.75) is 50.2 Å². The number of piperidine rings is 1. The molecule has 3 heterocycles. The average Bonchev–Trinajstić information content (AvgIpc) is 2.71. The Bertz CT molecular complexity index is 506. The molecule has 2 unspecified atom stereocenters. The molecule has 21 heavy (non-hydrogen) atoms. The number of nitrogens with one attached hydrogen (secondary N) is 1. The number of ether oxygens (including phenoxy) is 2. The second kappa shape index (κ2) is 5.41. The van der Waals surface area contributed by atoms with Gasteiger partial charge < -0.3 is 19.7 Å². The van der Waals surface area contributed by atoms with Gasteiger partial charge in [-0.2, -0.15) is 0 Å². The molecule has 1 N–H and O–H groups in total. The van der Waals surface area contributed by atoms with E-state index < -0.39 is 0 Å². The lowest BCUT2D eigenvalue weighted by atomic mass is 9.96. The van der Waals surface area contributed by atoms with Gasteiger partial charge in [-0.3, -0.25) is 0 Å². The first-order valence-electron chi connectivity index (χ1n) is 8.20. The molecule has 0 spiro atoms. The van der Waals surface area contributed by atoms with E-state index in [1.807, 2.05) is 0 Å². The smallest absolute Gasteiger partial charge is 0.163 e. The van der Waals surface area contributed by atoms with E-state index >= 15 is 0 Å².